The number of hydrogen-bond acceptors (Lipinski definition) is 7. The summed E-state index contributed by atoms with van der Waals surface area (Å²) >= 11 is 2.93. The second-order valence-electron chi connectivity index (χ2n) is 6.52. The lowest BCUT2D eigenvalue weighted by Crippen LogP contribution is -2.14. The van der Waals surface area contributed by atoms with Crippen LogP contribution in [0.4, 0.5) is 5.13 Å². The lowest BCUT2D eigenvalue weighted by Gasteiger charge is -2.18. The SMILES string of the molecule is CCCn1c(CC)nnc1SCC(=O)Nc1nnc(C2CCCCC2)s1. The Morgan fingerprint density at radius 2 is 2.00 bits per heavy atom. The van der Waals surface area contributed by atoms with E-state index in [1.54, 1.807) is 0 Å². The van der Waals surface area contributed by atoms with Gasteiger partial charge in [-0.25, -0.2) is 0 Å². The summed E-state index contributed by atoms with van der Waals surface area (Å²) in [5.41, 5.74) is 0. The Morgan fingerprint density at radius 1 is 1.19 bits per heavy atom. The number of carbonyl (C=O) groups is 1. The smallest absolute Gasteiger partial charge is 0.236 e. The van der Waals surface area contributed by atoms with E-state index in [2.05, 4.69) is 44.1 Å². The van der Waals surface area contributed by atoms with Crippen molar-refractivity contribution >= 4 is 34.1 Å². The molecule has 0 bridgehead atoms. The molecule has 0 unspecified atom stereocenters. The number of rotatable bonds is 8. The normalized spacial score (nSPS) is 15.3. The van der Waals surface area contributed by atoms with Gasteiger partial charge in [-0.05, 0) is 19.3 Å². The van der Waals surface area contributed by atoms with E-state index >= 15 is 0 Å². The highest BCUT2D eigenvalue weighted by Gasteiger charge is 2.20. The van der Waals surface area contributed by atoms with Crippen molar-refractivity contribution in [2.24, 2.45) is 0 Å². The highest BCUT2D eigenvalue weighted by Crippen LogP contribution is 2.35. The first-order valence-electron chi connectivity index (χ1n) is 9.39. The topological polar surface area (TPSA) is 85.6 Å². The summed E-state index contributed by atoms with van der Waals surface area (Å²) in [6.07, 6.45) is 8.07. The Bertz CT molecular complexity index is 723. The summed E-state index contributed by atoms with van der Waals surface area (Å²) in [5, 5.41) is 22.2. The fourth-order valence-electron chi connectivity index (χ4n) is 3.22. The molecular weight excluding hydrogens is 368 g/mol. The molecule has 26 heavy (non-hydrogen) atoms. The quantitative estimate of drug-likeness (QED) is 0.684. The zero-order chi connectivity index (χ0) is 18.4. The Balaban J connectivity index is 1.53. The molecule has 2 heterocycles. The van der Waals surface area contributed by atoms with Gasteiger partial charge < -0.3 is 4.57 Å². The lowest BCUT2D eigenvalue weighted by molar-refractivity contribution is -0.113. The van der Waals surface area contributed by atoms with Gasteiger partial charge in [-0.1, -0.05) is 56.2 Å². The molecule has 2 aromatic rings. The molecule has 3 rings (SSSR count). The largest absolute Gasteiger partial charge is 0.306 e. The minimum atomic E-state index is -0.0783. The van der Waals surface area contributed by atoms with E-state index in [4.69, 9.17) is 0 Å². The highest BCUT2D eigenvalue weighted by molar-refractivity contribution is 7.99. The summed E-state index contributed by atoms with van der Waals surface area (Å²) in [5.74, 6) is 1.70. The van der Waals surface area contributed by atoms with Crippen LogP contribution in [0.3, 0.4) is 0 Å². The van der Waals surface area contributed by atoms with Gasteiger partial charge in [0.25, 0.3) is 0 Å². The van der Waals surface area contributed by atoms with Crippen molar-refractivity contribution in [1.82, 2.24) is 25.0 Å². The first-order chi connectivity index (χ1) is 12.7. The van der Waals surface area contributed by atoms with Gasteiger partial charge in [-0.3, -0.25) is 10.1 Å². The van der Waals surface area contributed by atoms with Crippen molar-refractivity contribution in [3.05, 3.63) is 10.8 Å². The molecule has 1 saturated carbocycles. The van der Waals surface area contributed by atoms with E-state index in [1.807, 2.05) is 0 Å². The van der Waals surface area contributed by atoms with E-state index in [1.165, 1.54) is 55.2 Å². The van der Waals surface area contributed by atoms with Crippen LogP contribution in [0.15, 0.2) is 5.16 Å². The van der Waals surface area contributed by atoms with Gasteiger partial charge in [0.05, 0.1) is 5.75 Å². The number of carbonyl (C=O) groups excluding carboxylic acids is 1. The number of nitrogens with zero attached hydrogens (tertiary/aromatic N) is 5. The van der Waals surface area contributed by atoms with E-state index < -0.39 is 0 Å². The van der Waals surface area contributed by atoms with Gasteiger partial charge in [0.1, 0.15) is 10.8 Å². The third-order valence-electron chi connectivity index (χ3n) is 4.53. The molecule has 0 radical (unpaired) electrons. The number of aromatic nitrogens is 5. The third kappa shape index (κ3) is 4.82. The van der Waals surface area contributed by atoms with Crippen LogP contribution >= 0.6 is 23.1 Å². The zero-order valence-electron chi connectivity index (χ0n) is 15.4. The fraction of sp³-hybridized carbons (Fsp3) is 0.706. The lowest BCUT2D eigenvalue weighted by atomic mass is 9.90. The third-order valence-corrected chi connectivity index (χ3v) is 6.50. The number of anilines is 1. The standard InChI is InChI=1S/C17H26N6OS2/c1-3-10-23-13(4-2)19-22-17(23)25-11-14(24)18-16-21-20-15(26-16)12-8-6-5-7-9-12/h12H,3-11H2,1-2H3,(H,18,21,24). The van der Waals surface area contributed by atoms with Crippen molar-refractivity contribution in [2.75, 3.05) is 11.1 Å². The summed E-state index contributed by atoms with van der Waals surface area (Å²) in [6.45, 7) is 5.07. The fourth-order valence-corrected chi connectivity index (χ4v) is 4.93. The van der Waals surface area contributed by atoms with Gasteiger partial charge >= 0.3 is 0 Å². The molecule has 0 atom stereocenters. The van der Waals surface area contributed by atoms with Crippen LogP contribution in [0.25, 0.3) is 0 Å². The van der Waals surface area contributed by atoms with Crippen molar-refractivity contribution in [2.45, 2.75) is 76.4 Å². The number of amides is 1. The van der Waals surface area contributed by atoms with Crippen LogP contribution in [0.1, 0.15) is 69.1 Å². The molecule has 142 valence electrons. The molecule has 1 aliphatic carbocycles. The van der Waals surface area contributed by atoms with Crippen LogP contribution < -0.4 is 5.32 Å². The van der Waals surface area contributed by atoms with Crippen LogP contribution in [-0.4, -0.2) is 36.6 Å². The summed E-state index contributed by atoms with van der Waals surface area (Å²) in [4.78, 5) is 12.3. The van der Waals surface area contributed by atoms with Crippen molar-refractivity contribution in [1.29, 1.82) is 0 Å². The minimum absolute atomic E-state index is 0.0783. The molecule has 0 saturated heterocycles. The summed E-state index contributed by atoms with van der Waals surface area (Å²) < 4.78 is 2.10. The van der Waals surface area contributed by atoms with E-state index in [-0.39, 0.29) is 5.91 Å². The van der Waals surface area contributed by atoms with Crippen LogP contribution in [-0.2, 0) is 17.8 Å². The van der Waals surface area contributed by atoms with E-state index in [0.717, 1.165) is 35.4 Å². The summed E-state index contributed by atoms with van der Waals surface area (Å²) in [6, 6.07) is 0. The van der Waals surface area contributed by atoms with E-state index in [9.17, 15) is 4.79 Å². The van der Waals surface area contributed by atoms with Gasteiger partial charge in [0, 0.05) is 18.9 Å². The van der Waals surface area contributed by atoms with E-state index in [0.29, 0.717) is 16.8 Å². The predicted octanol–water partition coefficient (Wildman–Crippen LogP) is 3.88. The molecule has 0 aliphatic heterocycles. The number of hydrogen-bond donors (Lipinski definition) is 1. The van der Waals surface area contributed by atoms with Gasteiger partial charge in [0.15, 0.2) is 5.16 Å². The predicted molar refractivity (Wildman–Crippen MR) is 105 cm³/mol. The Hall–Kier alpha value is -1.48. The van der Waals surface area contributed by atoms with Crippen LogP contribution in [0, 0.1) is 0 Å². The molecule has 2 aromatic heterocycles. The molecular formula is C17H26N6OS2. The summed E-state index contributed by atoms with van der Waals surface area (Å²) in [7, 11) is 0. The maximum atomic E-state index is 12.3. The molecule has 0 spiro atoms. The van der Waals surface area contributed by atoms with Crippen molar-refractivity contribution in [3.63, 3.8) is 0 Å². The molecule has 1 aliphatic rings. The first-order valence-corrected chi connectivity index (χ1v) is 11.2. The van der Waals surface area contributed by atoms with Crippen molar-refractivity contribution < 1.29 is 4.79 Å². The van der Waals surface area contributed by atoms with Gasteiger partial charge in [-0.2, -0.15) is 0 Å². The average molecular weight is 395 g/mol. The number of aryl methyl sites for hydroxylation is 1. The number of thioether (sulfide) groups is 1. The molecule has 9 heteroatoms. The molecule has 1 fully saturated rings. The van der Waals surface area contributed by atoms with Crippen LogP contribution in [0.2, 0.25) is 0 Å². The Kier molecular flexibility index (Phi) is 7.01. The van der Waals surface area contributed by atoms with Crippen molar-refractivity contribution in [3.8, 4) is 0 Å². The zero-order valence-corrected chi connectivity index (χ0v) is 17.0. The van der Waals surface area contributed by atoms with Gasteiger partial charge in [0.2, 0.25) is 11.0 Å². The first kappa shape index (κ1) is 19.3. The second-order valence-corrected chi connectivity index (χ2v) is 8.47. The van der Waals surface area contributed by atoms with Crippen LogP contribution in [0.5, 0.6) is 0 Å². The maximum absolute atomic E-state index is 12.3. The Labute approximate surface area is 162 Å². The second kappa shape index (κ2) is 9.45. The minimum Gasteiger partial charge on any atom is -0.306 e. The van der Waals surface area contributed by atoms with Gasteiger partial charge in [-0.15, -0.1) is 20.4 Å². The Morgan fingerprint density at radius 3 is 2.73 bits per heavy atom. The average Bonchev–Trinajstić information content (AvgIpc) is 3.28. The molecule has 1 N–H and O–H groups in total. The molecule has 1 amide bonds. The maximum Gasteiger partial charge on any atom is 0.236 e. The highest BCUT2D eigenvalue weighted by atomic mass is 32.2. The monoisotopic (exact) mass is 394 g/mol. The number of nitrogens with one attached hydrogen (secondary N) is 1. The molecule has 7 nitrogen and oxygen atoms in total. The molecule has 0 aromatic carbocycles.